The molecule has 1 aromatic carbocycles. The topological polar surface area (TPSA) is 29.1 Å². The molecule has 1 aliphatic rings. The lowest BCUT2D eigenvalue weighted by Crippen LogP contribution is -2.17. The largest absolute Gasteiger partial charge is 0.326 e. The van der Waals surface area contributed by atoms with Gasteiger partial charge in [-0.2, -0.15) is 0 Å². The van der Waals surface area contributed by atoms with Crippen molar-refractivity contribution in [2.75, 3.05) is 5.32 Å². The Kier molecular flexibility index (Phi) is 3.30. The van der Waals surface area contributed by atoms with Crippen molar-refractivity contribution in [2.45, 2.75) is 33.0 Å². The quantitative estimate of drug-likeness (QED) is 0.833. The minimum Gasteiger partial charge on any atom is -0.326 e. The Balaban J connectivity index is 2.09. The van der Waals surface area contributed by atoms with Crippen LogP contribution in [0, 0.1) is 16.7 Å². The fourth-order valence-corrected chi connectivity index (χ4v) is 3.15. The van der Waals surface area contributed by atoms with E-state index in [1.54, 1.807) is 0 Å². The summed E-state index contributed by atoms with van der Waals surface area (Å²) in [6.45, 7) is 8.64. The maximum Gasteiger partial charge on any atom is 0.228 e. The molecule has 98 valence electrons. The number of benzene rings is 1. The van der Waals surface area contributed by atoms with Crippen molar-refractivity contribution in [1.82, 2.24) is 0 Å². The number of carbonyl (C=O) groups is 1. The van der Waals surface area contributed by atoms with Crippen LogP contribution in [0.4, 0.5) is 5.69 Å². The van der Waals surface area contributed by atoms with Crippen molar-refractivity contribution < 1.29 is 4.79 Å². The van der Waals surface area contributed by atoms with Crippen LogP contribution in [0.5, 0.6) is 0 Å². The summed E-state index contributed by atoms with van der Waals surface area (Å²) in [5, 5.41) is 3.83. The molecule has 1 fully saturated rings. The smallest absolute Gasteiger partial charge is 0.228 e. The van der Waals surface area contributed by atoms with Crippen LogP contribution in [0.3, 0.4) is 0 Å². The van der Waals surface area contributed by atoms with Crippen molar-refractivity contribution in [3.05, 3.63) is 29.8 Å². The van der Waals surface area contributed by atoms with Crippen molar-refractivity contribution in [1.29, 1.82) is 0 Å². The second-order valence-corrected chi connectivity index (χ2v) is 6.76. The number of hydrogen-bond acceptors (Lipinski definition) is 1. The van der Waals surface area contributed by atoms with Gasteiger partial charge in [0.1, 0.15) is 0 Å². The Morgan fingerprint density at radius 3 is 2.39 bits per heavy atom. The molecule has 0 unspecified atom stereocenters. The summed E-state index contributed by atoms with van der Waals surface area (Å²) in [7, 11) is 0. The van der Waals surface area contributed by atoms with Gasteiger partial charge < -0.3 is 5.32 Å². The van der Waals surface area contributed by atoms with Crippen molar-refractivity contribution in [3.8, 4) is 0 Å². The lowest BCUT2D eigenvalue weighted by molar-refractivity contribution is -0.118. The summed E-state index contributed by atoms with van der Waals surface area (Å²) in [5.41, 5.74) is 2.23. The SMILES string of the molecule is CC1(C)C(C(=O)Nc2cccc(CBr)c2)C1(C)C. The Morgan fingerprint density at radius 1 is 1.28 bits per heavy atom. The molecule has 2 nitrogen and oxygen atoms in total. The zero-order chi connectivity index (χ0) is 13.6. The first-order valence-corrected chi connectivity index (χ1v) is 7.38. The van der Waals surface area contributed by atoms with Gasteiger partial charge in [0.15, 0.2) is 0 Å². The molecule has 1 amide bonds. The predicted molar refractivity (Wildman–Crippen MR) is 78.8 cm³/mol. The zero-order valence-electron chi connectivity index (χ0n) is 11.4. The third-order valence-electron chi connectivity index (χ3n) is 4.63. The van der Waals surface area contributed by atoms with Gasteiger partial charge in [0.05, 0.1) is 0 Å². The minimum atomic E-state index is 0.0874. The van der Waals surface area contributed by atoms with Crippen LogP contribution in [-0.4, -0.2) is 5.91 Å². The fourth-order valence-electron chi connectivity index (χ4n) is 2.80. The van der Waals surface area contributed by atoms with E-state index in [2.05, 4.69) is 48.9 Å². The van der Waals surface area contributed by atoms with E-state index in [-0.39, 0.29) is 22.7 Å². The van der Waals surface area contributed by atoms with Crippen molar-refractivity contribution >= 4 is 27.5 Å². The van der Waals surface area contributed by atoms with Crippen LogP contribution in [0.2, 0.25) is 0 Å². The lowest BCUT2D eigenvalue weighted by Gasteiger charge is -2.07. The van der Waals surface area contributed by atoms with E-state index in [4.69, 9.17) is 0 Å². The summed E-state index contributed by atoms with van der Waals surface area (Å²) < 4.78 is 0. The number of amides is 1. The van der Waals surface area contributed by atoms with Crippen LogP contribution in [0.25, 0.3) is 0 Å². The van der Waals surface area contributed by atoms with Gasteiger partial charge >= 0.3 is 0 Å². The molecule has 3 heteroatoms. The van der Waals surface area contributed by atoms with Gasteiger partial charge in [0.25, 0.3) is 0 Å². The molecular formula is C15H20BrNO. The third-order valence-corrected chi connectivity index (χ3v) is 5.28. The molecule has 0 saturated heterocycles. The van der Waals surface area contributed by atoms with E-state index in [0.717, 1.165) is 11.0 Å². The summed E-state index contributed by atoms with van der Waals surface area (Å²) in [6.07, 6.45) is 0. The van der Waals surface area contributed by atoms with Gasteiger partial charge in [-0.1, -0.05) is 55.8 Å². The summed E-state index contributed by atoms with van der Waals surface area (Å²) in [6, 6.07) is 7.95. The molecule has 0 atom stereocenters. The maximum absolute atomic E-state index is 12.3. The Hall–Kier alpha value is -0.830. The first-order chi connectivity index (χ1) is 8.30. The van der Waals surface area contributed by atoms with Gasteiger partial charge in [0, 0.05) is 16.9 Å². The van der Waals surface area contributed by atoms with Gasteiger partial charge in [-0.15, -0.1) is 0 Å². The molecule has 0 aromatic heterocycles. The minimum absolute atomic E-state index is 0.0874. The number of nitrogens with one attached hydrogen (secondary N) is 1. The standard InChI is InChI=1S/C15H20BrNO/c1-14(2)12(15(14,3)4)13(18)17-11-7-5-6-10(8-11)9-16/h5-8,12H,9H2,1-4H3,(H,17,18). The summed E-state index contributed by atoms with van der Waals surface area (Å²) in [5.74, 6) is 0.231. The monoisotopic (exact) mass is 309 g/mol. The molecule has 1 N–H and O–H groups in total. The number of halogens is 1. The molecular weight excluding hydrogens is 290 g/mol. The van der Waals surface area contributed by atoms with E-state index in [1.807, 2.05) is 24.3 Å². The number of alkyl halides is 1. The number of rotatable bonds is 3. The molecule has 0 radical (unpaired) electrons. The highest BCUT2D eigenvalue weighted by atomic mass is 79.9. The van der Waals surface area contributed by atoms with Gasteiger partial charge in [-0.3, -0.25) is 4.79 Å². The molecule has 2 rings (SSSR count). The number of carbonyl (C=O) groups excluding carboxylic acids is 1. The molecule has 1 saturated carbocycles. The van der Waals surface area contributed by atoms with E-state index in [1.165, 1.54) is 5.56 Å². The zero-order valence-corrected chi connectivity index (χ0v) is 13.0. The van der Waals surface area contributed by atoms with Crippen LogP contribution in [0.1, 0.15) is 33.3 Å². The first-order valence-electron chi connectivity index (χ1n) is 6.26. The number of hydrogen-bond donors (Lipinski definition) is 1. The normalized spacial score (nSPS) is 20.5. The summed E-state index contributed by atoms with van der Waals surface area (Å²) in [4.78, 5) is 12.3. The van der Waals surface area contributed by atoms with Crippen LogP contribution >= 0.6 is 15.9 Å². The highest BCUT2D eigenvalue weighted by molar-refractivity contribution is 9.08. The Labute approximate surface area is 117 Å². The Morgan fingerprint density at radius 2 is 1.89 bits per heavy atom. The molecule has 1 aromatic rings. The maximum atomic E-state index is 12.3. The fraction of sp³-hybridized carbons (Fsp3) is 0.533. The van der Waals surface area contributed by atoms with E-state index in [0.29, 0.717) is 0 Å². The van der Waals surface area contributed by atoms with E-state index < -0.39 is 0 Å². The van der Waals surface area contributed by atoms with E-state index >= 15 is 0 Å². The molecule has 18 heavy (non-hydrogen) atoms. The molecule has 0 aliphatic heterocycles. The third kappa shape index (κ3) is 2.09. The molecule has 0 heterocycles. The average molecular weight is 310 g/mol. The number of anilines is 1. The van der Waals surface area contributed by atoms with Crippen molar-refractivity contribution in [2.24, 2.45) is 16.7 Å². The van der Waals surface area contributed by atoms with Gasteiger partial charge in [-0.25, -0.2) is 0 Å². The van der Waals surface area contributed by atoms with Gasteiger partial charge in [-0.05, 0) is 28.5 Å². The molecule has 0 bridgehead atoms. The second kappa shape index (κ2) is 4.37. The van der Waals surface area contributed by atoms with Crippen LogP contribution in [0.15, 0.2) is 24.3 Å². The van der Waals surface area contributed by atoms with Crippen LogP contribution < -0.4 is 5.32 Å². The second-order valence-electron chi connectivity index (χ2n) is 6.20. The molecule has 1 aliphatic carbocycles. The van der Waals surface area contributed by atoms with Crippen molar-refractivity contribution in [3.63, 3.8) is 0 Å². The Bertz CT molecular complexity index is 465. The predicted octanol–water partition coefficient (Wildman–Crippen LogP) is 4.20. The first kappa shape index (κ1) is 13.6. The molecule has 0 spiro atoms. The van der Waals surface area contributed by atoms with Gasteiger partial charge in [0.2, 0.25) is 5.91 Å². The highest BCUT2D eigenvalue weighted by Gasteiger charge is 2.68. The highest BCUT2D eigenvalue weighted by Crippen LogP contribution is 2.68. The lowest BCUT2D eigenvalue weighted by atomic mass is 10.0. The average Bonchev–Trinajstić information content (AvgIpc) is 2.69. The van der Waals surface area contributed by atoms with E-state index in [9.17, 15) is 4.79 Å². The summed E-state index contributed by atoms with van der Waals surface area (Å²) >= 11 is 3.42. The van der Waals surface area contributed by atoms with Crippen LogP contribution in [-0.2, 0) is 10.1 Å².